The van der Waals surface area contributed by atoms with Crippen molar-refractivity contribution in [2.24, 2.45) is 0 Å². The number of rotatable bonds is 7. The Kier molecular flexibility index (Phi) is 5.09. The number of H-pyrrole nitrogens is 1. The summed E-state index contributed by atoms with van der Waals surface area (Å²) in [6.07, 6.45) is 2.44. The monoisotopic (exact) mass is 380 g/mol. The van der Waals surface area contributed by atoms with Crippen molar-refractivity contribution in [1.82, 2.24) is 20.1 Å². The van der Waals surface area contributed by atoms with Crippen LogP contribution in [0.15, 0.2) is 48.7 Å². The molecule has 1 aromatic carbocycles. The van der Waals surface area contributed by atoms with Gasteiger partial charge in [0, 0.05) is 38.0 Å². The summed E-state index contributed by atoms with van der Waals surface area (Å²) in [6, 6.07) is 12.8. The molecule has 1 amide bonds. The fraction of sp³-hybridized carbons (Fsp3) is 0.250. The van der Waals surface area contributed by atoms with Gasteiger partial charge in [-0.3, -0.25) is 14.9 Å². The van der Waals surface area contributed by atoms with E-state index in [0.717, 1.165) is 5.69 Å². The Labute approximate surface area is 162 Å². The third kappa shape index (κ3) is 4.06. The standard InChI is InChI=1S/C20H20N4O4/c1-24(9-7-14-4-2-3-8-21-14)20(25)17-10-15(22-23-17)12-26-16-5-6-18-19(11-16)28-13-27-18/h2-6,8,10-11H,7,9,12-13H2,1H3,(H,22,23). The van der Waals surface area contributed by atoms with Gasteiger partial charge in [-0.2, -0.15) is 5.10 Å². The first-order valence-corrected chi connectivity index (χ1v) is 8.91. The molecule has 0 spiro atoms. The van der Waals surface area contributed by atoms with Crippen LogP contribution in [0.5, 0.6) is 17.2 Å². The zero-order valence-electron chi connectivity index (χ0n) is 15.4. The summed E-state index contributed by atoms with van der Waals surface area (Å²) in [7, 11) is 1.75. The summed E-state index contributed by atoms with van der Waals surface area (Å²) in [4.78, 5) is 18.4. The number of nitrogens with one attached hydrogen (secondary N) is 1. The molecule has 1 aliphatic rings. The van der Waals surface area contributed by atoms with E-state index in [1.807, 2.05) is 18.2 Å². The van der Waals surface area contributed by atoms with Crippen molar-refractivity contribution >= 4 is 5.91 Å². The molecular weight excluding hydrogens is 360 g/mol. The average Bonchev–Trinajstić information content (AvgIpc) is 3.39. The van der Waals surface area contributed by atoms with Gasteiger partial charge in [-0.1, -0.05) is 6.07 Å². The Morgan fingerprint density at radius 3 is 2.96 bits per heavy atom. The number of likely N-dealkylation sites (N-methyl/N-ethyl adjacent to an activating group) is 1. The number of carbonyl (C=O) groups excluding carboxylic acids is 1. The number of benzene rings is 1. The summed E-state index contributed by atoms with van der Waals surface area (Å²) in [6.45, 7) is 1.04. The highest BCUT2D eigenvalue weighted by Gasteiger charge is 2.17. The molecule has 0 fully saturated rings. The van der Waals surface area contributed by atoms with Crippen molar-refractivity contribution in [2.75, 3.05) is 20.4 Å². The number of aromatic amines is 1. The number of hydrogen-bond donors (Lipinski definition) is 1. The van der Waals surface area contributed by atoms with Crippen LogP contribution >= 0.6 is 0 Å². The van der Waals surface area contributed by atoms with Gasteiger partial charge in [0.1, 0.15) is 12.4 Å². The fourth-order valence-electron chi connectivity index (χ4n) is 2.80. The number of aromatic nitrogens is 3. The molecule has 2 aromatic heterocycles. The summed E-state index contributed by atoms with van der Waals surface area (Å²) < 4.78 is 16.3. The predicted molar refractivity (Wildman–Crippen MR) is 100 cm³/mol. The van der Waals surface area contributed by atoms with Crippen molar-refractivity contribution in [1.29, 1.82) is 0 Å². The van der Waals surface area contributed by atoms with Crippen molar-refractivity contribution in [2.45, 2.75) is 13.0 Å². The maximum Gasteiger partial charge on any atom is 0.274 e. The molecule has 1 aliphatic heterocycles. The van der Waals surface area contributed by atoms with Crippen LogP contribution < -0.4 is 14.2 Å². The number of amides is 1. The van der Waals surface area contributed by atoms with Crippen LogP contribution in [0.1, 0.15) is 21.9 Å². The van der Waals surface area contributed by atoms with Gasteiger partial charge in [-0.05, 0) is 30.3 Å². The van der Waals surface area contributed by atoms with E-state index in [-0.39, 0.29) is 19.3 Å². The highest BCUT2D eigenvalue weighted by molar-refractivity contribution is 5.92. The molecule has 0 bridgehead atoms. The third-order valence-electron chi connectivity index (χ3n) is 4.36. The van der Waals surface area contributed by atoms with Crippen molar-refractivity contribution in [3.63, 3.8) is 0 Å². The molecule has 0 saturated carbocycles. The van der Waals surface area contributed by atoms with E-state index in [2.05, 4.69) is 15.2 Å². The average molecular weight is 380 g/mol. The highest BCUT2D eigenvalue weighted by Crippen LogP contribution is 2.35. The lowest BCUT2D eigenvalue weighted by atomic mass is 10.2. The maximum absolute atomic E-state index is 12.5. The molecule has 3 heterocycles. The summed E-state index contributed by atoms with van der Waals surface area (Å²) >= 11 is 0. The second-order valence-electron chi connectivity index (χ2n) is 6.38. The summed E-state index contributed by atoms with van der Waals surface area (Å²) in [5.41, 5.74) is 2.01. The van der Waals surface area contributed by atoms with Crippen LogP contribution in [0.3, 0.4) is 0 Å². The smallest absolute Gasteiger partial charge is 0.274 e. The van der Waals surface area contributed by atoms with Crippen LogP contribution in [0.25, 0.3) is 0 Å². The summed E-state index contributed by atoms with van der Waals surface area (Å²) in [5, 5.41) is 6.95. The van der Waals surface area contributed by atoms with Gasteiger partial charge in [0.25, 0.3) is 5.91 Å². The molecule has 28 heavy (non-hydrogen) atoms. The number of nitrogens with zero attached hydrogens (tertiary/aromatic N) is 3. The van der Waals surface area contributed by atoms with E-state index in [0.29, 0.717) is 41.6 Å². The topological polar surface area (TPSA) is 89.6 Å². The van der Waals surface area contributed by atoms with Crippen molar-refractivity contribution in [3.05, 3.63) is 65.7 Å². The van der Waals surface area contributed by atoms with Gasteiger partial charge >= 0.3 is 0 Å². The molecule has 8 heteroatoms. The first kappa shape index (κ1) is 17.8. The molecule has 8 nitrogen and oxygen atoms in total. The van der Waals surface area contributed by atoms with Crippen molar-refractivity contribution in [3.8, 4) is 17.2 Å². The first-order valence-electron chi connectivity index (χ1n) is 8.91. The van der Waals surface area contributed by atoms with E-state index in [9.17, 15) is 4.79 Å². The number of hydrogen-bond acceptors (Lipinski definition) is 6. The molecule has 4 rings (SSSR count). The minimum Gasteiger partial charge on any atom is -0.487 e. The van der Waals surface area contributed by atoms with Gasteiger partial charge in [-0.15, -0.1) is 0 Å². The largest absolute Gasteiger partial charge is 0.487 e. The van der Waals surface area contributed by atoms with Gasteiger partial charge in [0.05, 0.1) is 5.69 Å². The molecule has 0 saturated heterocycles. The molecule has 1 N–H and O–H groups in total. The normalized spacial score (nSPS) is 12.0. The highest BCUT2D eigenvalue weighted by atomic mass is 16.7. The fourth-order valence-corrected chi connectivity index (χ4v) is 2.80. The van der Waals surface area contributed by atoms with Gasteiger partial charge < -0.3 is 19.1 Å². The molecule has 0 aliphatic carbocycles. The minimum atomic E-state index is -0.151. The Balaban J connectivity index is 1.31. The summed E-state index contributed by atoms with van der Waals surface area (Å²) in [5.74, 6) is 1.86. The van der Waals surface area contributed by atoms with Crippen LogP contribution in [0.4, 0.5) is 0 Å². The molecule has 0 radical (unpaired) electrons. The quantitative estimate of drug-likeness (QED) is 0.677. The zero-order valence-corrected chi connectivity index (χ0v) is 15.4. The molecule has 0 unspecified atom stereocenters. The number of pyridine rings is 1. The number of carbonyl (C=O) groups is 1. The third-order valence-corrected chi connectivity index (χ3v) is 4.36. The van der Waals surface area contributed by atoms with E-state index >= 15 is 0 Å². The minimum absolute atomic E-state index is 0.151. The number of ether oxygens (including phenoxy) is 3. The van der Waals surface area contributed by atoms with E-state index < -0.39 is 0 Å². The van der Waals surface area contributed by atoms with Crippen LogP contribution in [-0.2, 0) is 13.0 Å². The Hall–Kier alpha value is -3.55. The van der Waals surface area contributed by atoms with Gasteiger partial charge in [-0.25, -0.2) is 0 Å². The molecule has 3 aromatic rings. The Morgan fingerprint density at radius 1 is 1.21 bits per heavy atom. The first-order chi connectivity index (χ1) is 13.7. The Bertz CT molecular complexity index is 958. The van der Waals surface area contributed by atoms with Crippen LogP contribution in [0.2, 0.25) is 0 Å². The van der Waals surface area contributed by atoms with Gasteiger partial charge in [0.15, 0.2) is 17.2 Å². The predicted octanol–water partition coefficient (Wildman–Crippen LogP) is 2.43. The number of fused-ring (bicyclic) bond motifs is 1. The molecule has 144 valence electrons. The van der Waals surface area contributed by atoms with Gasteiger partial charge in [0.2, 0.25) is 6.79 Å². The van der Waals surface area contributed by atoms with Crippen LogP contribution in [0, 0.1) is 0 Å². The van der Waals surface area contributed by atoms with E-state index in [4.69, 9.17) is 14.2 Å². The van der Waals surface area contributed by atoms with E-state index in [1.165, 1.54) is 0 Å². The van der Waals surface area contributed by atoms with Crippen LogP contribution in [-0.4, -0.2) is 46.4 Å². The lowest BCUT2D eigenvalue weighted by molar-refractivity contribution is 0.0790. The Morgan fingerprint density at radius 2 is 2.11 bits per heavy atom. The molecule has 0 atom stereocenters. The zero-order chi connectivity index (χ0) is 19.3. The lowest BCUT2D eigenvalue weighted by Crippen LogP contribution is -2.29. The second kappa shape index (κ2) is 7.99. The maximum atomic E-state index is 12.5. The SMILES string of the molecule is CN(CCc1ccccn1)C(=O)c1cc(COc2ccc3c(c2)OCO3)[nH]n1. The van der Waals surface area contributed by atoms with Crippen molar-refractivity contribution < 1.29 is 19.0 Å². The lowest BCUT2D eigenvalue weighted by Gasteiger charge is -2.15. The van der Waals surface area contributed by atoms with E-state index in [1.54, 1.807) is 42.4 Å². The second-order valence-corrected chi connectivity index (χ2v) is 6.38. The molecular formula is C20H20N4O4.